The van der Waals surface area contributed by atoms with Crippen LogP contribution in [0.1, 0.15) is 43.6 Å². The van der Waals surface area contributed by atoms with Crippen LogP contribution in [0, 0.1) is 11.3 Å². The van der Waals surface area contributed by atoms with Crippen molar-refractivity contribution in [1.29, 1.82) is 5.26 Å². The van der Waals surface area contributed by atoms with Gasteiger partial charge in [-0.2, -0.15) is 5.26 Å². The molecule has 1 aliphatic carbocycles. The average Bonchev–Trinajstić information content (AvgIpc) is 2.50. The van der Waals surface area contributed by atoms with E-state index in [2.05, 4.69) is 11.0 Å². The molecule has 1 unspecified atom stereocenters. The van der Waals surface area contributed by atoms with Crippen molar-refractivity contribution in [3.8, 4) is 6.07 Å². The summed E-state index contributed by atoms with van der Waals surface area (Å²) in [7, 11) is 2.01. The van der Waals surface area contributed by atoms with E-state index in [0.29, 0.717) is 12.6 Å². The second-order valence-electron chi connectivity index (χ2n) is 5.65. The number of carbonyl (C=O) groups is 1. The fraction of sp³-hybridized carbons (Fsp3) is 0.529. The minimum atomic E-state index is -0.637. The van der Waals surface area contributed by atoms with Gasteiger partial charge in [-0.15, -0.1) is 0 Å². The second-order valence-corrected chi connectivity index (χ2v) is 5.65. The number of nitrogens with zero attached hydrogens (tertiary/aromatic N) is 2. The molecule has 1 atom stereocenters. The number of benzene rings is 1. The van der Waals surface area contributed by atoms with Crippen LogP contribution < -0.4 is 0 Å². The van der Waals surface area contributed by atoms with Crippen molar-refractivity contribution in [3.63, 3.8) is 0 Å². The number of ketones is 1. The van der Waals surface area contributed by atoms with Crippen LogP contribution >= 0.6 is 0 Å². The van der Waals surface area contributed by atoms with Gasteiger partial charge in [-0.05, 0) is 25.5 Å². The molecule has 1 aromatic carbocycles. The minimum Gasteiger partial charge on any atom is -0.296 e. The molecule has 0 bridgehead atoms. The maximum Gasteiger partial charge on any atom is 0.168 e. The number of nitriles is 1. The van der Waals surface area contributed by atoms with Crippen molar-refractivity contribution in [2.75, 3.05) is 13.6 Å². The minimum absolute atomic E-state index is 0.00627. The molecular formula is C17H22N2O. The Labute approximate surface area is 121 Å². The number of Topliss-reactive ketones (excluding diaryl/α,β-unsaturated/α-hetero) is 1. The van der Waals surface area contributed by atoms with Gasteiger partial charge in [-0.3, -0.25) is 9.69 Å². The Morgan fingerprint density at radius 1 is 1.30 bits per heavy atom. The summed E-state index contributed by atoms with van der Waals surface area (Å²) in [6.07, 6.45) is 6.16. The molecular weight excluding hydrogens is 248 g/mol. The van der Waals surface area contributed by atoms with Crippen LogP contribution in [0.25, 0.3) is 0 Å². The molecule has 0 N–H and O–H groups in total. The van der Waals surface area contributed by atoms with Gasteiger partial charge in [0.2, 0.25) is 0 Å². The van der Waals surface area contributed by atoms with Gasteiger partial charge in [0.25, 0.3) is 0 Å². The molecule has 1 fully saturated rings. The Kier molecular flexibility index (Phi) is 5.31. The summed E-state index contributed by atoms with van der Waals surface area (Å²) in [5.41, 5.74) is 0.803. The highest BCUT2D eigenvalue weighted by molar-refractivity contribution is 5.90. The van der Waals surface area contributed by atoms with Crippen molar-refractivity contribution in [2.24, 2.45) is 0 Å². The molecule has 0 aliphatic heterocycles. The van der Waals surface area contributed by atoms with Gasteiger partial charge in [0.1, 0.15) is 5.92 Å². The zero-order valence-electron chi connectivity index (χ0n) is 12.1. The van der Waals surface area contributed by atoms with Crippen LogP contribution in [-0.4, -0.2) is 30.3 Å². The first kappa shape index (κ1) is 14.7. The number of hydrogen-bond donors (Lipinski definition) is 0. The van der Waals surface area contributed by atoms with Gasteiger partial charge < -0.3 is 0 Å². The first-order valence-electron chi connectivity index (χ1n) is 7.40. The molecule has 20 heavy (non-hydrogen) atoms. The fourth-order valence-electron chi connectivity index (χ4n) is 2.97. The van der Waals surface area contributed by atoms with Crippen molar-refractivity contribution >= 4 is 5.78 Å². The quantitative estimate of drug-likeness (QED) is 0.825. The molecule has 0 aromatic heterocycles. The van der Waals surface area contributed by atoms with Gasteiger partial charge in [-0.25, -0.2) is 0 Å². The van der Waals surface area contributed by atoms with E-state index in [4.69, 9.17) is 0 Å². The summed E-state index contributed by atoms with van der Waals surface area (Å²) in [6.45, 7) is 0.373. The van der Waals surface area contributed by atoms with E-state index < -0.39 is 5.92 Å². The van der Waals surface area contributed by atoms with E-state index >= 15 is 0 Å². The summed E-state index contributed by atoms with van der Waals surface area (Å²) >= 11 is 0. The standard InChI is InChI=1S/C17H22N2O/c1-19(15-10-6-3-7-11-15)13-17(20)16(12-18)14-8-4-2-5-9-14/h2,4-5,8-9,15-16H,3,6-7,10-11,13H2,1H3. The zero-order chi connectivity index (χ0) is 14.4. The zero-order valence-corrected chi connectivity index (χ0v) is 12.1. The molecule has 106 valence electrons. The third kappa shape index (κ3) is 3.68. The molecule has 2 rings (SSSR count). The molecule has 3 heteroatoms. The van der Waals surface area contributed by atoms with Crippen LogP contribution in [0.3, 0.4) is 0 Å². The van der Waals surface area contributed by atoms with E-state index in [9.17, 15) is 10.1 Å². The topological polar surface area (TPSA) is 44.1 Å². The highest BCUT2D eigenvalue weighted by Gasteiger charge is 2.25. The Morgan fingerprint density at radius 3 is 2.55 bits per heavy atom. The third-order valence-corrected chi connectivity index (χ3v) is 4.19. The molecule has 0 heterocycles. The molecule has 0 saturated heterocycles. The fourth-order valence-corrected chi connectivity index (χ4v) is 2.97. The van der Waals surface area contributed by atoms with E-state index in [1.165, 1.54) is 32.1 Å². The van der Waals surface area contributed by atoms with E-state index in [0.717, 1.165) is 5.56 Å². The largest absolute Gasteiger partial charge is 0.296 e. The highest BCUT2D eigenvalue weighted by atomic mass is 16.1. The molecule has 0 amide bonds. The monoisotopic (exact) mass is 270 g/mol. The van der Waals surface area contributed by atoms with Gasteiger partial charge in [-0.1, -0.05) is 49.6 Å². The molecule has 3 nitrogen and oxygen atoms in total. The van der Waals surface area contributed by atoms with Crippen LogP contribution in [-0.2, 0) is 4.79 Å². The number of hydrogen-bond acceptors (Lipinski definition) is 3. The van der Waals surface area contributed by atoms with Crippen molar-refractivity contribution in [2.45, 2.75) is 44.1 Å². The highest BCUT2D eigenvalue weighted by Crippen LogP contribution is 2.23. The van der Waals surface area contributed by atoms with Crippen LogP contribution in [0.4, 0.5) is 0 Å². The third-order valence-electron chi connectivity index (χ3n) is 4.19. The van der Waals surface area contributed by atoms with Gasteiger partial charge in [0, 0.05) is 6.04 Å². The Bertz CT molecular complexity index is 472. The van der Waals surface area contributed by atoms with Crippen molar-refractivity contribution in [1.82, 2.24) is 4.90 Å². The maximum atomic E-state index is 12.4. The lowest BCUT2D eigenvalue weighted by Gasteiger charge is -2.31. The first-order chi connectivity index (χ1) is 9.72. The summed E-state index contributed by atoms with van der Waals surface area (Å²) in [5.74, 6) is -0.631. The van der Waals surface area contributed by atoms with Gasteiger partial charge in [0.15, 0.2) is 5.78 Å². The first-order valence-corrected chi connectivity index (χ1v) is 7.40. The summed E-state index contributed by atoms with van der Waals surface area (Å²) in [5, 5.41) is 9.28. The Hall–Kier alpha value is -1.66. The Morgan fingerprint density at radius 2 is 1.95 bits per heavy atom. The van der Waals surface area contributed by atoms with Crippen LogP contribution in [0.5, 0.6) is 0 Å². The normalized spacial score (nSPS) is 17.6. The van der Waals surface area contributed by atoms with Crippen LogP contribution in [0.2, 0.25) is 0 Å². The molecule has 1 saturated carbocycles. The number of rotatable bonds is 5. The van der Waals surface area contributed by atoms with Gasteiger partial charge >= 0.3 is 0 Å². The molecule has 1 aliphatic rings. The van der Waals surface area contributed by atoms with Crippen molar-refractivity contribution < 1.29 is 4.79 Å². The SMILES string of the molecule is CN(CC(=O)C(C#N)c1ccccc1)C1CCCCC1. The summed E-state index contributed by atoms with van der Waals surface area (Å²) in [6, 6.07) is 12.0. The summed E-state index contributed by atoms with van der Waals surface area (Å²) < 4.78 is 0. The molecule has 0 radical (unpaired) electrons. The van der Waals surface area contributed by atoms with Gasteiger partial charge in [0.05, 0.1) is 12.6 Å². The smallest absolute Gasteiger partial charge is 0.168 e. The van der Waals surface area contributed by atoms with Crippen LogP contribution in [0.15, 0.2) is 30.3 Å². The average molecular weight is 270 g/mol. The molecule has 1 aromatic rings. The van der Waals surface area contributed by atoms with E-state index in [1.807, 2.05) is 37.4 Å². The second kappa shape index (κ2) is 7.21. The predicted molar refractivity (Wildman–Crippen MR) is 79.3 cm³/mol. The van der Waals surface area contributed by atoms with E-state index in [1.54, 1.807) is 0 Å². The van der Waals surface area contributed by atoms with Crippen molar-refractivity contribution in [3.05, 3.63) is 35.9 Å². The Balaban J connectivity index is 1.97. The number of likely N-dealkylation sites (N-methyl/N-ethyl adjacent to an activating group) is 1. The lowest BCUT2D eigenvalue weighted by atomic mass is 9.92. The predicted octanol–water partition coefficient (Wildman–Crippen LogP) is 3.13. The van der Waals surface area contributed by atoms with E-state index in [-0.39, 0.29) is 5.78 Å². The number of carbonyl (C=O) groups excluding carboxylic acids is 1. The summed E-state index contributed by atoms with van der Waals surface area (Å²) in [4.78, 5) is 14.5. The maximum absolute atomic E-state index is 12.4. The lowest BCUT2D eigenvalue weighted by Crippen LogP contribution is -2.38. The lowest BCUT2D eigenvalue weighted by molar-refractivity contribution is -0.120. The molecule has 0 spiro atoms.